The average Bonchev–Trinajstić information content (AvgIpc) is 2.98. The maximum Gasteiger partial charge on any atom is 0.370 e. The van der Waals surface area contributed by atoms with Gasteiger partial charge in [-0.2, -0.15) is 0 Å². The normalized spacial score (nSPS) is 18.0. The number of aliphatic carboxylic acids is 1. The largest absolute Gasteiger partial charge is 0.502 e. The van der Waals surface area contributed by atoms with Crippen molar-refractivity contribution in [1.82, 2.24) is 4.98 Å². The van der Waals surface area contributed by atoms with Crippen molar-refractivity contribution in [2.45, 2.75) is 30.7 Å². The number of hydrogen-bond donors (Lipinski definition) is 6. The quantitative estimate of drug-likeness (QED) is 0.270. The van der Waals surface area contributed by atoms with Gasteiger partial charge in [0.1, 0.15) is 12.2 Å². The van der Waals surface area contributed by atoms with Gasteiger partial charge in [-0.3, -0.25) is 0 Å². The van der Waals surface area contributed by atoms with Crippen LogP contribution in [0.25, 0.3) is 0 Å². The second-order valence-corrected chi connectivity index (χ2v) is 5.30. The summed E-state index contributed by atoms with van der Waals surface area (Å²) in [6, 6.07) is 0. The van der Waals surface area contributed by atoms with E-state index in [0.717, 1.165) is 6.08 Å². The zero-order valence-corrected chi connectivity index (χ0v) is 11.7. The third-order valence-electron chi connectivity index (χ3n) is 2.82. The number of aliphatic hydroxyl groups is 5. The van der Waals surface area contributed by atoms with Crippen LogP contribution in [0.5, 0.6) is 0 Å². The van der Waals surface area contributed by atoms with Gasteiger partial charge in [0.2, 0.25) is 0 Å². The van der Waals surface area contributed by atoms with Crippen molar-refractivity contribution < 1.29 is 35.4 Å². The molecule has 6 N–H and O–H groups in total. The van der Waals surface area contributed by atoms with E-state index in [0.29, 0.717) is 5.01 Å². The summed E-state index contributed by atoms with van der Waals surface area (Å²) in [5, 5.41) is 57.5. The molecule has 0 aromatic carbocycles. The standard InChI is InChI=1S/C12H17NO7S/c14-5-9(17)10(18)7(15)3-6(4-8(16)12(19)20)11-13-1-2-21-11/h1-2,4,6-7,9-10,14-18H,3,5H2,(H,19,20)/b8-4-/t6-,7+,9+,10+/m0/s1. The van der Waals surface area contributed by atoms with Crippen molar-refractivity contribution in [3.05, 3.63) is 28.4 Å². The van der Waals surface area contributed by atoms with Gasteiger partial charge in [0, 0.05) is 17.5 Å². The Morgan fingerprint density at radius 1 is 1.29 bits per heavy atom. The first-order chi connectivity index (χ1) is 9.86. The van der Waals surface area contributed by atoms with Crippen molar-refractivity contribution in [2.75, 3.05) is 6.61 Å². The number of hydrogen-bond acceptors (Lipinski definition) is 8. The molecule has 1 heterocycles. The number of allylic oxidation sites excluding steroid dienone is 1. The second-order valence-electron chi connectivity index (χ2n) is 4.38. The summed E-state index contributed by atoms with van der Waals surface area (Å²) in [6.45, 7) is -0.726. The highest BCUT2D eigenvalue weighted by Crippen LogP contribution is 2.27. The summed E-state index contributed by atoms with van der Waals surface area (Å²) < 4.78 is 0. The van der Waals surface area contributed by atoms with Gasteiger partial charge in [0.15, 0.2) is 5.76 Å². The molecule has 21 heavy (non-hydrogen) atoms. The predicted octanol–water partition coefficient (Wildman–Crippen LogP) is -0.782. The van der Waals surface area contributed by atoms with Gasteiger partial charge in [-0.25, -0.2) is 9.78 Å². The van der Waals surface area contributed by atoms with E-state index in [2.05, 4.69) is 4.98 Å². The van der Waals surface area contributed by atoms with Crippen LogP contribution >= 0.6 is 11.3 Å². The van der Waals surface area contributed by atoms with Crippen molar-refractivity contribution in [2.24, 2.45) is 0 Å². The van der Waals surface area contributed by atoms with Crippen LogP contribution in [-0.2, 0) is 4.79 Å². The molecule has 0 aliphatic rings. The van der Waals surface area contributed by atoms with Crippen molar-refractivity contribution in [1.29, 1.82) is 0 Å². The molecular weight excluding hydrogens is 302 g/mol. The summed E-state index contributed by atoms with van der Waals surface area (Å²) in [6.07, 6.45) is -2.25. The summed E-state index contributed by atoms with van der Waals surface area (Å²) in [7, 11) is 0. The molecule has 0 aliphatic heterocycles. The maximum atomic E-state index is 10.7. The lowest BCUT2D eigenvalue weighted by Crippen LogP contribution is -2.40. The van der Waals surface area contributed by atoms with Crippen LogP contribution in [0.1, 0.15) is 17.3 Å². The van der Waals surface area contributed by atoms with E-state index in [9.17, 15) is 25.2 Å². The maximum absolute atomic E-state index is 10.7. The first-order valence-electron chi connectivity index (χ1n) is 6.05. The highest BCUT2D eigenvalue weighted by Gasteiger charge is 2.28. The van der Waals surface area contributed by atoms with Crippen LogP contribution in [0.2, 0.25) is 0 Å². The summed E-state index contributed by atoms with van der Waals surface area (Å²) in [4.78, 5) is 14.6. The number of carboxylic acids is 1. The SMILES string of the molecule is O=C(O)/C(O)=C/[C@H](C[C@@H](O)[C@@H](O)[C@H](O)CO)c1nccs1. The van der Waals surface area contributed by atoms with Crippen LogP contribution in [0.3, 0.4) is 0 Å². The lowest BCUT2D eigenvalue weighted by molar-refractivity contribution is -0.135. The fourth-order valence-electron chi connectivity index (χ4n) is 1.68. The third-order valence-corrected chi connectivity index (χ3v) is 3.73. The summed E-state index contributed by atoms with van der Waals surface area (Å²) >= 11 is 1.19. The van der Waals surface area contributed by atoms with Gasteiger partial charge in [-0.1, -0.05) is 0 Å². The molecule has 0 radical (unpaired) electrons. The molecule has 9 heteroatoms. The molecule has 1 rings (SSSR count). The molecule has 0 bridgehead atoms. The van der Waals surface area contributed by atoms with Gasteiger partial charge >= 0.3 is 5.97 Å². The Morgan fingerprint density at radius 3 is 2.43 bits per heavy atom. The van der Waals surface area contributed by atoms with Gasteiger partial charge < -0.3 is 30.6 Å². The molecule has 0 aliphatic carbocycles. The first-order valence-corrected chi connectivity index (χ1v) is 6.93. The highest BCUT2D eigenvalue weighted by molar-refractivity contribution is 7.09. The number of nitrogens with zero attached hydrogens (tertiary/aromatic N) is 1. The van der Waals surface area contributed by atoms with Gasteiger partial charge in [0.05, 0.1) is 17.7 Å². The van der Waals surface area contributed by atoms with Crippen LogP contribution in [0.4, 0.5) is 0 Å². The lowest BCUT2D eigenvalue weighted by atomic mass is 9.96. The van der Waals surface area contributed by atoms with Crippen molar-refractivity contribution >= 4 is 17.3 Å². The molecule has 0 saturated carbocycles. The van der Waals surface area contributed by atoms with E-state index in [1.165, 1.54) is 17.5 Å². The van der Waals surface area contributed by atoms with E-state index < -0.39 is 42.6 Å². The van der Waals surface area contributed by atoms with E-state index in [1.54, 1.807) is 5.38 Å². The van der Waals surface area contributed by atoms with Gasteiger partial charge in [-0.05, 0) is 12.5 Å². The van der Waals surface area contributed by atoms with Crippen LogP contribution in [0.15, 0.2) is 23.4 Å². The number of carbonyl (C=O) groups is 1. The number of carboxylic acid groups (broad SMARTS) is 1. The molecule has 1 aromatic rings. The molecule has 0 saturated heterocycles. The molecule has 0 fully saturated rings. The van der Waals surface area contributed by atoms with E-state index >= 15 is 0 Å². The third kappa shape index (κ3) is 5.06. The lowest BCUT2D eigenvalue weighted by Gasteiger charge is -2.23. The predicted molar refractivity (Wildman–Crippen MR) is 72.9 cm³/mol. The van der Waals surface area contributed by atoms with E-state index in [-0.39, 0.29) is 6.42 Å². The van der Waals surface area contributed by atoms with E-state index in [4.69, 9.17) is 10.2 Å². The number of thiazole rings is 1. The number of rotatable bonds is 8. The minimum absolute atomic E-state index is 0.178. The van der Waals surface area contributed by atoms with Crippen molar-refractivity contribution in [3.63, 3.8) is 0 Å². The van der Waals surface area contributed by atoms with E-state index in [1.807, 2.05) is 0 Å². The fraction of sp³-hybridized carbons (Fsp3) is 0.500. The first kappa shape index (κ1) is 17.5. The Hall–Kier alpha value is -1.52. The molecule has 118 valence electrons. The highest BCUT2D eigenvalue weighted by atomic mass is 32.1. The molecule has 1 aromatic heterocycles. The molecule has 8 nitrogen and oxygen atoms in total. The minimum Gasteiger partial charge on any atom is -0.502 e. The van der Waals surface area contributed by atoms with Crippen LogP contribution < -0.4 is 0 Å². The summed E-state index contributed by atoms with van der Waals surface area (Å²) in [5.74, 6) is -3.18. The molecule has 0 spiro atoms. The van der Waals surface area contributed by atoms with Gasteiger partial charge in [-0.15, -0.1) is 11.3 Å². The number of aliphatic hydroxyl groups excluding tert-OH is 5. The van der Waals surface area contributed by atoms with Gasteiger partial charge in [0.25, 0.3) is 0 Å². The zero-order chi connectivity index (χ0) is 16.0. The van der Waals surface area contributed by atoms with Crippen molar-refractivity contribution in [3.8, 4) is 0 Å². The molecule has 0 unspecified atom stereocenters. The second kappa shape index (κ2) is 8.05. The summed E-state index contributed by atoms with van der Waals surface area (Å²) in [5.41, 5.74) is 0. The Bertz CT molecular complexity index is 476. The topological polar surface area (TPSA) is 151 Å². The number of aromatic nitrogens is 1. The Morgan fingerprint density at radius 2 is 1.95 bits per heavy atom. The Balaban J connectivity index is 2.89. The zero-order valence-electron chi connectivity index (χ0n) is 10.9. The van der Waals surface area contributed by atoms with Crippen LogP contribution in [-0.4, -0.2) is 66.5 Å². The minimum atomic E-state index is -1.60. The Kier molecular flexibility index (Phi) is 6.72. The molecular formula is C12H17NO7S. The molecule has 0 amide bonds. The van der Waals surface area contributed by atoms with Crippen LogP contribution in [0, 0.1) is 0 Å². The Labute approximate surface area is 124 Å². The fourth-order valence-corrected chi connectivity index (χ4v) is 2.41. The molecule has 4 atom stereocenters. The monoisotopic (exact) mass is 319 g/mol. The average molecular weight is 319 g/mol. The smallest absolute Gasteiger partial charge is 0.370 e.